The van der Waals surface area contributed by atoms with Crippen LogP contribution in [-0.2, 0) is 4.79 Å². The van der Waals surface area contributed by atoms with Gasteiger partial charge in [0.2, 0.25) is 5.91 Å². The van der Waals surface area contributed by atoms with E-state index in [1.165, 1.54) is 6.07 Å². The van der Waals surface area contributed by atoms with Crippen LogP contribution in [0.3, 0.4) is 0 Å². The fourth-order valence-electron chi connectivity index (χ4n) is 2.54. The predicted octanol–water partition coefficient (Wildman–Crippen LogP) is 2.74. The molecule has 0 bridgehead atoms. The Morgan fingerprint density at radius 3 is 2.57 bits per heavy atom. The highest BCUT2D eigenvalue weighted by molar-refractivity contribution is 5.96. The first-order valence-electron chi connectivity index (χ1n) is 7.43. The lowest BCUT2D eigenvalue weighted by atomic mass is 9.68. The number of hydrogen-bond donors (Lipinski definition) is 2. The van der Waals surface area contributed by atoms with Crippen molar-refractivity contribution in [3.05, 3.63) is 24.0 Å². The number of carbonyl (C=O) groups is 1. The van der Waals surface area contributed by atoms with Gasteiger partial charge < -0.3 is 16.0 Å². The number of nitrogens with two attached hydrogens (primary N) is 1. The van der Waals surface area contributed by atoms with E-state index in [2.05, 4.69) is 5.32 Å². The minimum atomic E-state index is -0.454. The zero-order chi connectivity index (χ0) is 15.6. The van der Waals surface area contributed by atoms with Gasteiger partial charge in [-0.1, -0.05) is 6.42 Å². The average molecular weight is 293 g/mol. The molecule has 0 unspecified atom stereocenters. The second kappa shape index (κ2) is 6.02. The molecule has 3 N–H and O–H groups in total. The van der Waals surface area contributed by atoms with E-state index in [9.17, 15) is 9.18 Å². The minimum absolute atomic E-state index is 0.0967. The fourth-order valence-corrected chi connectivity index (χ4v) is 2.54. The number of hydrogen-bond acceptors (Lipinski definition) is 3. The van der Waals surface area contributed by atoms with E-state index >= 15 is 0 Å². The van der Waals surface area contributed by atoms with Crippen LogP contribution in [0.2, 0.25) is 0 Å². The quantitative estimate of drug-likeness (QED) is 0.877. The SMILES string of the molecule is CC(C)N(C)c1ccc(NC(=O)C2(CN)CCC2)cc1F. The van der Waals surface area contributed by atoms with Gasteiger partial charge in [-0.15, -0.1) is 0 Å². The van der Waals surface area contributed by atoms with Crippen LogP contribution in [0, 0.1) is 11.2 Å². The van der Waals surface area contributed by atoms with Crippen molar-refractivity contribution < 1.29 is 9.18 Å². The van der Waals surface area contributed by atoms with E-state index in [1.807, 2.05) is 25.8 Å². The summed E-state index contributed by atoms with van der Waals surface area (Å²) < 4.78 is 14.2. The first-order chi connectivity index (χ1) is 9.89. The zero-order valence-corrected chi connectivity index (χ0v) is 12.9. The summed E-state index contributed by atoms with van der Waals surface area (Å²) in [6.45, 7) is 4.34. The molecule has 116 valence electrons. The van der Waals surface area contributed by atoms with Crippen molar-refractivity contribution in [3.63, 3.8) is 0 Å². The van der Waals surface area contributed by atoms with Gasteiger partial charge >= 0.3 is 0 Å². The van der Waals surface area contributed by atoms with Gasteiger partial charge in [0.25, 0.3) is 0 Å². The summed E-state index contributed by atoms with van der Waals surface area (Å²) in [4.78, 5) is 14.1. The molecule has 1 aliphatic carbocycles. The van der Waals surface area contributed by atoms with Gasteiger partial charge in [-0.3, -0.25) is 4.79 Å². The van der Waals surface area contributed by atoms with Gasteiger partial charge in [0.1, 0.15) is 5.82 Å². The van der Waals surface area contributed by atoms with Crippen molar-refractivity contribution in [3.8, 4) is 0 Å². The van der Waals surface area contributed by atoms with Crippen molar-refractivity contribution in [2.24, 2.45) is 11.1 Å². The smallest absolute Gasteiger partial charge is 0.231 e. The van der Waals surface area contributed by atoms with Gasteiger partial charge in [0.15, 0.2) is 0 Å². The lowest BCUT2D eigenvalue weighted by molar-refractivity contribution is -0.129. The second-order valence-corrected chi connectivity index (χ2v) is 6.16. The van der Waals surface area contributed by atoms with E-state index in [4.69, 9.17) is 5.73 Å². The Labute approximate surface area is 125 Å². The molecule has 4 nitrogen and oxygen atoms in total. The van der Waals surface area contributed by atoms with Crippen LogP contribution in [0.25, 0.3) is 0 Å². The number of benzene rings is 1. The number of anilines is 2. The predicted molar refractivity (Wildman–Crippen MR) is 83.9 cm³/mol. The number of amides is 1. The maximum Gasteiger partial charge on any atom is 0.231 e. The first-order valence-corrected chi connectivity index (χ1v) is 7.43. The van der Waals surface area contributed by atoms with Crippen LogP contribution in [0.15, 0.2) is 18.2 Å². The number of rotatable bonds is 5. The molecule has 5 heteroatoms. The molecule has 1 aliphatic rings. The molecule has 0 aliphatic heterocycles. The normalized spacial score (nSPS) is 16.5. The van der Waals surface area contributed by atoms with Crippen LogP contribution in [0.4, 0.5) is 15.8 Å². The topological polar surface area (TPSA) is 58.4 Å². The highest BCUT2D eigenvalue weighted by atomic mass is 19.1. The van der Waals surface area contributed by atoms with Gasteiger partial charge in [0, 0.05) is 25.3 Å². The molecule has 1 aromatic rings. The summed E-state index contributed by atoms with van der Waals surface area (Å²) in [6.07, 6.45) is 2.65. The van der Waals surface area contributed by atoms with Crippen molar-refractivity contribution in [1.82, 2.24) is 0 Å². The molecule has 0 aromatic heterocycles. The summed E-state index contributed by atoms with van der Waals surface area (Å²) in [6, 6.07) is 5.00. The van der Waals surface area contributed by atoms with E-state index in [-0.39, 0.29) is 17.8 Å². The van der Waals surface area contributed by atoms with Crippen LogP contribution in [0.1, 0.15) is 33.1 Å². The van der Waals surface area contributed by atoms with Crippen molar-refractivity contribution >= 4 is 17.3 Å². The lowest BCUT2D eigenvalue weighted by Crippen LogP contribution is -2.47. The highest BCUT2D eigenvalue weighted by Crippen LogP contribution is 2.41. The van der Waals surface area contributed by atoms with Crippen LogP contribution >= 0.6 is 0 Å². The largest absolute Gasteiger partial charge is 0.370 e. The van der Waals surface area contributed by atoms with E-state index in [0.29, 0.717) is 17.9 Å². The van der Waals surface area contributed by atoms with E-state index in [0.717, 1.165) is 19.3 Å². The molecular formula is C16H24FN3O. The van der Waals surface area contributed by atoms with E-state index < -0.39 is 5.41 Å². The minimum Gasteiger partial charge on any atom is -0.370 e. The standard InChI is InChI=1S/C16H24FN3O/c1-11(2)20(3)14-6-5-12(9-13(14)17)19-15(21)16(10-18)7-4-8-16/h5-6,9,11H,4,7-8,10,18H2,1-3H3,(H,19,21). The summed E-state index contributed by atoms with van der Waals surface area (Å²) in [5.41, 5.74) is 6.27. The Hall–Kier alpha value is -1.62. The Balaban J connectivity index is 2.12. The van der Waals surface area contributed by atoms with Crippen molar-refractivity contribution in [2.75, 3.05) is 23.8 Å². The van der Waals surface area contributed by atoms with E-state index in [1.54, 1.807) is 12.1 Å². The third-order valence-electron chi connectivity index (χ3n) is 4.54. The molecule has 1 fully saturated rings. The molecule has 0 spiro atoms. The molecule has 1 amide bonds. The molecule has 0 saturated heterocycles. The number of carbonyl (C=O) groups excluding carboxylic acids is 1. The summed E-state index contributed by atoms with van der Waals surface area (Å²) in [7, 11) is 1.85. The molecule has 0 atom stereocenters. The van der Waals surface area contributed by atoms with Gasteiger partial charge in [0.05, 0.1) is 11.1 Å². The fraction of sp³-hybridized carbons (Fsp3) is 0.562. The Bertz CT molecular complexity index is 521. The Morgan fingerprint density at radius 1 is 1.48 bits per heavy atom. The summed E-state index contributed by atoms with van der Waals surface area (Å²) >= 11 is 0. The molecular weight excluding hydrogens is 269 g/mol. The zero-order valence-electron chi connectivity index (χ0n) is 12.9. The molecule has 1 aromatic carbocycles. The second-order valence-electron chi connectivity index (χ2n) is 6.16. The highest BCUT2D eigenvalue weighted by Gasteiger charge is 2.42. The van der Waals surface area contributed by atoms with Gasteiger partial charge in [-0.25, -0.2) is 4.39 Å². The average Bonchev–Trinajstić information content (AvgIpc) is 2.37. The van der Waals surface area contributed by atoms with Gasteiger partial charge in [-0.05, 0) is 44.9 Å². The third-order valence-corrected chi connectivity index (χ3v) is 4.54. The Kier molecular flexibility index (Phi) is 4.52. The van der Waals surface area contributed by atoms with Crippen molar-refractivity contribution in [2.45, 2.75) is 39.2 Å². The number of nitrogens with zero attached hydrogens (tertiary/aromatic N) is 1. The molecule has 0 heterocycles. The number of nitrogens with one attached hydrogen (secondary N) is 1. The summed E-state index contributed by atoms with van der Waals surface area (Å²) in [5.74, 6) is -0.431. The maximum absolute atomic E-state index is 14.2. The van der Waals surface area contributed by atoms with Gasteiger partial charge in [-0.2, -0.15) is 0 Å². The maximum atomic E-state index is 14.2. The number of halogens is 1. The van der Waals surface area contributed by atoms with Crippen LogP contribution < -0.4 is 16.0 Å². The Morgan fingerprint density at radius 2 is 2.14 bits per heavy atom. The van der Waals surface area contributed by atoms with Crippen molar-refractivity contribution in [1.29, 1.82) is 0 Å². The summed E-state index contributed by atoms with van der Waals surface area (Å²) in [5, 5.41) is 2.79. The first kappa shape index (κ1) is 15.8. The molecule has 1 saturated carbocycles. The molecule has 0 radical (unpaired) electrons. The molecule has 2 rings (SSSR count). The monoisotopic (exact) mass is 293 g/mol. The molecule has 21 heavy (non-hydrogen) atoms. The van der Waals surface area contributed by atoms with Crippen LogP contribution in [0.5, 0.6) is 0 Å². The van der Waals surface area contributed by atoms with Crippen LogP contribution in [-0.4, -0.2) is 25.5 Å². The third kappa shape index (κ3) is 3.02. The lowest BCUT2D eigenvalue weighted by Gasteiger charge is -2.39.